The van der Waals surface area contributed by atoms with Gasteiger partial charge in [-0.15, -0.1) is 6.58 Å². The Bertz CT molecular complexity index is 586. The third-order valence-electron chi connectivity index (χ3n) is 2.85. The summed E-state index contributed by atoms with van der Waals surface area (Å²) in [4.78, 5) is 11.2. The topological polar surface area (TPSA) is 62.5 Å². The summed E-state index contributed by atoms with van der Waals surface area (Å²) in [6.07, 6.45) is 1.77. The van der Waals surface area contributed by atoms with Crippen LogP contribution in [0.2, 0.25) is 0 Å². The van der Waals surface area contributed by atoms with Gasteiger partial charge < -0.3 is 14.8 Å². The number of carbonyl (C=O) groups is 1. The number of nitrogens with one attached hydrogen (secondary N) is 1. The first kappa shape index (κ1) is 12.4. The molecule has 4 nitrogen and oxygen atoms in total. The van der Waals surface area contributed by atoms with Gasteiger partial charge in [-0.2, -0.15) is 0 Å². The molecule has 1 aromatic carbocycles. The van der Waals surface area contributed by atoms with Crippen LogP contribution in [0.25, 0.3) is 11.0 Å². The van der Waals surface area contributed by atoms with Crippen molar-refractivity contribution in [3.8, 4) is 0 Å². The molecule has 0 spiro atoms. The quantitative estimate of drug-likeness (QED) is 0.795. The molecule has 0 saturated heterocycles. The minimum Gasteiger partial charge on any atom is -0.475 e. The molecule has 0 radical (unpaired) electrons. The summed E-state index contributed by atoms with van der Waals surface area (Å²) in [5.41, 5.74) is 1.27. The van der Waals surface area contributed by atoms with E-state index in [-0.39, 0.29) is 11.8 Å². The molecule has 0 amide bonds. The van der Waals surface area contributed by atoms with Gasteiger partial charge >= 0.3 is 5.97 Å². The van der Waals surface area contributed by atoms with E-state index in [0.29, 0.717) is 17.7 Å². The molecule has 1 atom stereocenters. The van der Waals surface area contributed by atoms with Gasteiger partial charge in [-0.3, -0.25) is 0 Å². The summed E-state index contributed by atoms with van der Waals surface area (Å²) in [7, 11) is 0. The molecule has 1 heterocycles. The highest BCUT2D eigenvalue weighted by Crippen LogP contribution is 2.25. The second kappa shape index (κ2) is 5.06. The molecular weight excluding hydrogens is 230 g/mol. The maximum absolute atomic E-state index is 11.2. The smallest absolute Gasteiger partial charge is 0.372 e. The van der Waals surface area contributed by atoms with Gasteiger partial charge in [0.2, 0.25) is 5.76 Å². The number of benzene rings is 1. The second-order valence-electron chi connectivity index (χ2n) is 4.12. The maximum atomic E-state index is 11.2. The van der Waals surface area contributed by atoms with Crippen molar-refractivity contribution in [1.82, 2.24) is 5.32 Å². The number of fused-ring (bicyclic) bond motifs is 1. The lowest BCUT2D eigenvalue weighted by molar-refractivity contribution is 0.0663. The summed E-state index contributed by atoms with van der Waals surface area (Å²) >= 11 is 0. The van der Waals surface area contributed by atoms with E-state index < -0.39 is 5.97 Å². The van der Waals surface area contributed by atoms with Crippen molar-refractivity contribution in [2.45, 2.75) is 19.5 Å². The average molecular weight is 245 g/mol. The molecule has 2 N–H and O–H groups in total. The number of carboxylic acids is 1. The van der Waals surface area contributed by atoms with Crippen molar-refractivity contribution in [3.63, 3.8) is 0 Å². The lowest BCUT2D eigenvalue weighted by Crippen LogP contribution is -2.23. The van der Waals surface area contributed by atoms with Crippen LogP contribution >= 0.6 is 0 Å². The fraction of sp³-hybridized carbons (Fsp3) is 0.214. The Labute approximate surface area is 105 Å². The van der Waals surface area contributed by atoms with Crippen molar-refractivity contribution in [2.24, 2.45) is 0 Å². The van der Waals surface area contributed by atoms with E-state index in [0.717, 1.165) is 5.39 Å². The number of hydrogen-bond donors (Lipinski definition) is 2. The summed E-state index contributed by atoms with van der Waals surface area (Å²) in [6, 6.07) is 7.42. The van der Waals surface area contributed by atoms with Crippen molar-refractivity contribution in [3.05, 3.63) is 48.2 Å². The maximum Gasteiger partial charge on any atom is 0.372 e. The standard InChI is InChI=1S/C14H15NO3/c1-3-9(2)15-8-11-10-6-4-5-7-12(10)18-13(11)14(16)17/h3-7,9,15H,1,8H2,2H3,(H,16,17). The van der Waals surface area contributed by atoms with E-state index in [4.69, 9.17) is 9.52 Å². The van der Waals surface area contributed by atoms with E-state index in [9.17, 15) is 4.79 Å². The Hall–Kier alpha value is -2.07. The van der Waals surface area contributed by atoms with Crippen LogP contribution in [0.15, 0.2) is 41.3 Å². The average Bonchev–Trinajstić information content (AvgIpc) is 2.75. The second-order valence-corrected chi connectivity index (χ2v) is 4.12. The molecule has 0 fully saturated rings. The van der Waals surface area contributed by atoms with Gasteiger partial charge in [-0.1, -0.05) is 24.3 Å². The molecular formula is C14H15NO3. The highest BCUT2D eigenvalue weighted by Gasteiger charge is 2.19. The van der Waals surface area contributed by atoms with Crippen molar-refractivity contribution < 1.29 is 14.3 Å². The Balaban J connectivity index is 2.42. The minimum absolute atomic E-state index is 0.0000350. The summed E-state index contributed by atoms with van der Waals surface area (Å²) in [6.45, 7) is 6.07. The first-order valence-corrected chi connectivity index (χ1v) is 5.73. The van der Waals surface area contributed by atoms with E-state index in [1.807, 2.05) is 25.1 Å². The van der Waals surface area contributed by atoms with Gasteiger partial charge in [0.05, 0.1) is 0 Å². The number of aromatic carboxylic acids is 1. The van der Waals surface area contributed by atoms with Gasteiger partial charge in [0.25, 0.3) is 0 Å². The van der Waals surface area contributed by atoms with Gasteiger partial charge in [0.15, 0.2) is 0 Å². The summed E-state index contributed by atoms with van der Waals surface area (Å²) in [5.74, 6) is -1.05. The number of para-hydroxylation sites is 1. The summed E-state index contributed by atoms with van der Waals surface area (Å²) in [5, 5.41) is 13.2. The van der Waals surface area contributed by atoms with Gasteiger partial charge in [-0.25, -0.2) is 4.79 Å². The van der Waals surface area contributed by atoms with Crippen LogP contribution in [0.5, 0.6) is 0 Å². The number of carboxylic acid groups (broad SMARTS) is 1. The monoisotopic (exact) mass is 245 g/mol. The molecule has 2 aromatic rings. The normalized spacial score (nSPS) is 12.5. The highest BCUT2D eigenvalue weighted by atomic mass is 16.4. The lowest BCUT2D eigenvalue weighted by Gasteiger charge is -2.08. The zero-order valence-electron chi connectivity index (χ0n) is 10.1. The molecule has 18 heavy (non-hydrogen) atoms. The number of rotatable bonds is 5. The zero-order valence-corrected chi connectivity index (χ0v) is 10.1. The van der Waals surface area contributed by atoms with Gasteiger partial charge in [0, 0.05) is 23.5 Å². The largest absolute Gasteiger partial charge is 0.475 e. The Kier molecular flexibility index (Phi) is 3.48. The molecule has 0 bridgehead atoms. The third-order valence-corrected chi connectivity index (χ3v) is 2.85. The predicted octanol–water partition coefficient (Wildman–Crippen LogP) is 2.80. The van der Waals surface area contributed by atoms with Crippen LogP contribution in [0.3, 0.4) is 0 Å². The fourth-order valence-electron chi connectivity index (χ4n) is 1.79. The zero-order chi connectivity index (χ0) is 13.1. The molecule has 4 heteroatoms. The van der Waals surface area contributed by atoms with E-state index in [2.05, 4.69) is 11.9 Å². The number of hydrogen-bond acceptors (Lipinski definition) is 3. The first-order valence-electron chi connectivity index (χ1n) is 5.73. The SMILES string of the molecule is C=CC(C)NCc1c(C(=O)O)oc2ccccc12. The molecule has 2 rings (SSSR count). The highest BCUT2D eigenvalue weighted by molar-refractivity contribution is 5.95. The Morgan fingerprint density at radius 3 is 2.94 bits per heavy atom. The van der Waals surface area contributed by atoms with E-state index in [1.165, 1.54) is 0 Å². The molecule has 1 unspecified atom stereocenters. The van der Waals surface area contributed by atoms with Gasteiger partial charge in [0.1, 0.15) is 5.58 Å². The summed E-state index contributed by atoms with van der Waals surface area (Å²) < 4.78 is 5.36. The van der Waals surface area contributed by atoms with Crippen LogP contribution < -0.4 is 5.32 Å². The van der Waals surface area contributed by atoms with Crippen molar-refractivity contribution in [1.29, 1.82) is 0 Å². The molecule has 0 aliphatic rings. The van der Waals surface area contributed by atoms with Crippen LogP contribution in [0.1, 0.15) is 23.0 Å². The van der Waals surface area contributed by atoms with Crippen LogP contribution in [-0.4, -0.2) is 17.1 Å². The molecule has 0 saturated carbocycles. The van der Waals surface area contributed by atoms with Crippen LogP contribution in [-0.2, 0) is 6.54 Å². The van der Waals surface area contributed by atoms with Crippen molar-refractivity contribution >= 4 is 16.9 Å². The predicted molar refractivity (Wildman–Crippen MR) is 69.7 cm³/mol. The van der Waals surface area contributed by atoms with E-state index >= 15 is 0 Å². The van der Waals surface area contributed by atoms with E-state index in [1.54, 1.807) is 12.1 Å². The van der Waals surface area contributed by atoms with Gasteiger partial charge in [-0.05, 0) is 13.0 Å². The van der Waals surface area contributed by atoms with Crippen LogP contribution in [0.4, 0.5) is 0 Å². The minimum atomic E-state index is -1.05. The molecule has 94 valence electrons. The van der Waals surface area contributed by atoms with Crippen molar-refractivity contribution in [2.75, 3.05) is 0 Å². The fourth-order valence-corrected chi connectivity index (χ4v) is 1.79. The molecule has 0 aliphatic carbocycles. The molecule has 1 aromatic heterocycles. The van der Waals surface area contributed by atoms with Crippen LogP contribution in [0, 0.1) is 0 Å². The lowest BCUT2D eigenvalue weighted by atomic mass is 10.1. The third kappa shape index (κ3) is 2.28. The Morgan fingerprint density at radius 1 is 1.56 bits per heavy atom. The number of furan rings is 1. The first-order chi connectivity index (χ1) is 8.63. The Morgan fingerprint density at radius 2 is 2.28 bits per heavy atom. The molecule has 0 aliphatic heterocycles.